The Labute approximate surface area is 134 Å². The molecular formula is C18H19NO4. The van der Waals surface area contributed by atoms with Crippen LogP contribution in [0.25, 0.3) is 11.1 Å². The van der Waals surface area contributed by atoms with Gasteiger partial charge in [-0.3, -0.25) is 4.79 Å². The highest BCUT2D eigenvalue weighted by Gasteiger charge is 2.18. The van der Waals surface area contributed by atoms with Crippen LogP contribution in [0.4, 0.5) is 0 Å². The Morgan fingerprint density at radius 1 is 1.13 bits per heavy atom. The Kier molecular flexibility index (Phi) is 5.36. The first-order chi connectivity index (χ1) is 11.0. The van der Waals surface area contributed by atoms with Crippen LogP contribution in [-0.2, 0) is 4.79 Å². The van der Waals surface area contributed by atoms with Crippen LogP contribution in [0.5, 0.6) is 5.75 Å². The van der Waals surface area contributed by atoms with E-state index in [9.17, 15) is 9.59 Å². The summed E-state index contributed by atoms with van der Waals surface area (Å²) in [5, 5.41) is 11.5. The quantitative estimate of drug-likeness (QED) is 0.859. The van der Waals surface area contributed by atoms with Crippen molar-refractivity contribution < 1.29 is 19.4 Å². The third kappa shape index (κ3) is 4.10. The summed E-state index contributed by atoms with van der Waals surface area (Å²) in [6.07, 6.45) is 0.333. The predicted molar refractivity (Wildman–Crippen MR) is 87.6 cm³/mol. The SMILES string of the molecule is CC[C@H](NC(=O)c1cccc(-c2ccc(OC)cc2)c1)C(=O)O. The normalized spacial score (nSPS) is 11.6. The summed E-state index contributed by atoms with van der Waals surface area (Å²) in [6.45, 7) is 1.72. The van der Waals surface area contributed by atoms with Crippen molar-refractivity contribution in [3.63, 3.8) is 0 Å². The lowest BCUT2D eigenvalue weighted by Crippen LogP contribution is -2.40. The molecule has 2 aromatic carbocycles. The van der Waals surface area contributed by atoms with Gasteiger partial charge in [-0.05, 0) is 41.8 Å². The molecule has 0 spiro atoms. The highest BCUT2D eigenvalue weighted by Crippen LogP contribution is 2.23. The largest absolute Gasteiger partial charge is 0.497 e. The van der Waals surface area contributed by atoms with Crippen molar-refractivity contribution in [3.05, 3.63) is 54.1 Å². The molecule has 5 nitrogen and oxygen atoms in total. The molecule has 5 heteroatoms. The Morgan fingerprint density at radius 3 is 2.39 bits per heavy atom. The first-order valence-electron chi connectivity index (χ1n) is 7.33. The smallest absolute Gasteiger partial charge is 0.326 e. The van der Waals surface area contributed by atoms with Gasteiger partial charge in [-0.1, -0.05) is 31.2 Å². The summed E-state index contributed by atoms with van der Waals surface area (Å²) in [5.74, 6) is -0.670. The Balaban J connectivity index is 2.21. The van der Waals surface area contributed by atoms with E-state index >= 15 is 0 Å². The summed E-state index contributed by atoms with van der Waals surface area (Å²) in [5.41, 5.74) is 2.26. The average molecular weight is 313 g/mol. The van der Waals surface area contributed by atoms with Gasteiger partial charge in [0.25, 0.3) is 5.91 Å². The number of ether oxygens (including phenoxy) is 1. The number of hydrogen-bond acceptors (Lipinski definition) is 3. The minimum Gasteiger partial charge on any atom is -0.497 e. The van der Waals surface area contributed by atoms with Crippen molar-refractivity contribution in [1.82, 2.24) is 5.32 Å². The second-order valence-electron chi connectivity index (χ2n) is 5.08. The van der Waals surface area contributed by atoms with E-state index in [1.54, 1.807) is 32.2 Å². The number of hydrogen-bond donors (Lipinski definition) is 2. The molecule has 0 saturated carbocycles. The Bertz CT molecular complexity index is 694. The van der Waals surface area contributed by atoms with E-state index in [1.807, 2.05) is 30.3 Å². The monoisotopic (exact) mass is 313 g/mol. The molecule has 0 aliphatic rings. The van der Waals surface area contributed by atoms with Gasteiger partial charge in [0.05, 0.1) is 7.11 Å². The van der Waals surface area contributed by atoms with Crippen molar-refractivity contribution >= 4 is 11.9 Å². The fourth-order valence-electron chi connectivity index (χ4n) is 2.20. The Hall–Kier alpha value is -2.82. The number of carbonyl (C=O) groups excluding carboxylic acids is 1. The van der Waals surface area contributed by atoms with Crippen molar-refractivity contribution in [2.24, 2.45) is 0 Å². The molecule has 2 rings (SSSR count). The molecule has 0 fully saturated rings. The number of carbonyl (C=O) groups is 2. The second kappa shape index (κ2) is 7.45. The molecule has 1 amide bonds. The van der Waals surface area contributed by atoms with E-state index < -0.39 is 17.9 Å². The maximum Gasteiger partial charge on any atom is 0.326 e. The summed E-state index contributed by atoms with van der Waals surface area (Å²) in [4.78, 5) is 23.2. The number of carboxylic acid groups (broad SMARTS) is 1. The van der Waals surface area contributed by atoms with Crippen LogP contribution < -0.4 is 10.1 Å². The fraction of sp³-hybridized carbons (Fsp3) is 0.222. The molecule has 0 bridgehead atoms. The summed E-state index contributed by atoms with van der Waals surface area (Å²) < 4.78 is 5.13. The lowest BCUT2D eigenvalue weighted by Gasteiger charge is -2.13. The van der Waals surface area contributed by atoms with E-state index in [2.05, 4.69) is 5.32 Å². The van der Waals surface area contributed by atoms with Crippen LogP contribution >= 0.6 is 0 Å². The highest BCUT2D eigenvalue weighted by molar-refractivity contribution is 5.97. The standard InChI is InChI=1S/C18H19NO4/c1-3-16(18(21)22)19-17(20)14-6-4-5-13(11-14)12-7-9-15(23-2)10-8-12/h4-11,16H,3H2,1-2H3,(H,19,20)(H,21,22)/t16-/m0/s1. The average Bonchev–Trinajstić information content (AvgIpc) is 2.59. The second-order valence-corrected chi connectivity index (χ2v) is 5.08. The van der Waals surface area contributed by atoms with Gasteiger partial charge in [-0.15, -0.1) is 0 Å². The van der Waals surface area contributed by atoms with Gasteiger partial charge in [0.15, 0.2) is 0 Å². The van der Waals surface area contributed by atoms with Crippen LogP contribution in [0.3, 0.4) is 0 Å². The van der Waals surface area contributed by atoms with E-state index in [-0.39, 0.29) is 0 Å². The van der Waals surface area contributed by atoms with E-state index in [0.717, 1.165) is 16.9 Å². The third-order valence-corrected chi connectivity index (χ3v) is 3.56. The summed E-state index contributed by atoms with van der Waals surface area (Å²) >= 11 is 0. The lowest BCUT2D eigenvalue weighted by atomic mass is 10.0. The molecule has 2 N–H and O–H groups in total. The molecular weight excluding hydrogens is 294 g/mol. The minimum atomic E-state index is -1.04. The van der Waals surface area contributed by atoms with Gasteiger partial charge in [0.1, 0.15) is 11.8 Å². The van der Waals surface area contributed by atoms with Gasteiger partial charge < -0.3 is 15.2 Å². The molecule has 120 valence electrons. The van der Waals surface area contributed by atoms with Gasteiger partial charge >= 0.3 is 5.97 Å². The topological polar surface area (TPSA) is 75.6 Å². The molecule has 0 unspecified atom stereocenters. The summed E-state index contributed by atoms with van der Waals surface area (Å²) in [6, 6.07) is 13.7. The first-order valence-corrected chi connectivity index (χ1v) is 7.33. The molecule has 0 radical (unpaired) electrons. The number of nitrogens with one attached hydrogen (secondary N) is 1. The zero-order valence-corrected chi connectivity index (χ0v) is 13.1. The van der Waals surface area contributed by atoms with Crippen LogP contribution in [0, 0.1) is 0 Å². The predicted octanol–water partition coefficient (Wildman–Crippen LogP) is 2.96. The van der Waals surface area contributed by atoms with Crippen LogP contribution in [0.2, 0.25) is 0 Å². The number of carboxylic acids is 1. The van der Waals surface area contributed by atoms with Gasteiger partial charge in [0, 0.05) is 5.56 Å². The van der Waals surface area contributed by atoms with Gasteiger partial charge in [-0.25, -0.2) is 4.79 Å². The number of aliphatic carboxylic acids is 1. The number of benzene rings is 2. The molecule has 0 heterocycles. The first kappa shape index (κ1) is 16.5. The molecule has 0 saturated heterocycles. The van der Waals surface area contributed by atoms with Crippen LogP contribution in [0.1, 0.15) is 23.7 Å². The van der Waals surface area contributed by atoms with Crippen molar-refractivity contribution in [2.75, 3.05) is 7.11 Å². The zero-order chi connectivity index (χ0) is 16.8. The molecule has 0 aromatic heterocycles. The molecule has 23 heavy (non-hydrogen) atoms. The van der Waals surface area contributed by atoms with E-state index in [1.165, 1.54) is 0 Å². The maximum absolute atomic E-state index is 12.2. The number of rotatable bonds is 6. The molecule has 0 aliphatic heterocycles. The van der Waals surface area contributed by atoms with E-state index in [4.69, 9.17) is 9.84 Å². The number of amides is 1. The van der Waals surface area contributed by atoms with Gasteiger partial charge in [0.2, 0.25) is 0 Å². The third-order valence-electron chi connectivity index (χ3n) is 3.56. The van der Waals surface area contributed by atoms with Crippen molar-refractivity contribution in [3.8, 4) is 16.9 Å². The summed E-state index contributed by atoms with van der Waals surface area (Å²) in [7, 11) is 1.60. The zero-order valence-electron chi connectivity index (χ0n) is 13.1. The molecule has 1 atom stereocenters. The van der Waals surface area contributed by atoms with Crippen LogP contribution in [-0.4, -0.2) is 30.1 Å². The van der Waals surface area contributed by atoms with Crippen LogP contribution in [0.15, 0.2) is 48.5 Å². The maximum atomic E-state index is 12.2. The Morgan fingerprint density at radius 2 is 1.83 bits per heavy atom. The minimum absolute atomic E-state index is 0.333. The van der Waals surface area contributed by atoms with Crippen molar-refractivity contribution in [1.29, 1.82) is 0 Å². The lowest BCUT2D eigenvalue weighted by molar-refractivity contribution is -0.139. The molecule has 2 aromatic rings. The van der Waals surface area contributed by atoms with Gasteiger partial charge in [-0.2, -0.15) is 0 Å². The highest BCUT2D eigenvalue weighted by atomic mass is 16.5. The fourth-order valence-corrected chi connectivity index (χ4v) is 2.20. The molecule has 0 aliphatic carbocycles. The number of methoxy groups -OCH3 is 1. The van der Waals surface area contributed by atoms with E-state index in [0.29, 0.717) is 12.0 Å². The van der Waals surface area contributed by atoms with Crippen molar-refractivity contribution in [2.45, 2.75) is 19.4 Å².